The highest BCUT2D eigenvalue weighted by atomic mass is 28.4. The van der Waals surface area contributed by atoms with Gasteiger partial charge in [-0.25, -0.2) is 4.79 Å². The maximum atomic E-state index is 12.7. The Hall–Kier alpha value is -0.296. The Morgan fingerprint density at radius 2 is 1.00 bits per heavy atom. The van der Waals surface area contributed by atoms with E-state index in [1.807, 2.05) is 0 Å². The zero-order valence-electron chi connectivity index (χ0n) is 19.4. The first kappa shape index (κ1) is 25.7. The molecule has 0 heterocycles. The molecule has 0 aromatic rings. The second kappa shape index (κ2) is 10.3. The minimum Gasteiger partial charge on any atom is -0.490 e. The highest BCUT2D eigenvalue weighted by Gasteiger charge is 2.47. The molecule has 0 aliphatic rings. The van der Waals surface area contributed by atoms with Gasteiger partial charge in [0.2, 0.25) is 0 Å². The fourth-order valence-electron chi connectivity index (χ4n) is 2.95. The molecule has 0 unspecified atom stereocenters. The van der Waals surface area contributed by atoms with Crippen LogP contribution in [0.25, 0.3) is 0 Å². The van der Waals surface area contributed by atoms with E-state index in [1.165, 1.54) is 38.5 Å². The molecule has 0 radical (unpaired) electrons. The number of unbranched alkanes of at least 4 members (excludes halogenated alkanes) is 4. The van der Waals surface area contributed by atoms with E-state index in [0.29, 0.717) is 0 Å². The number of rotatable bonds is 12. The minimum absolute atomic E-state index is 0.0591. The largest absolute Gasteiger partial charge is 0.490 e. The zero-order chi connectivity index (χ0) is 20.6. The number of hydrogen-bond donors (Lipinski definition) is 0. The summed E-state index contributed by atoms with van der Waals surface area (Å²) in [5, 5.41) is 0.118. The van der Waals surface area contributed by atoms with Gasteiger partial charge in [0, 0.05) is 0 Å². The van der Waals surface area contributed by atoms with Crippen molar-refractivity contribution >= 4 is 22.8 Å². The predicted molar refractivity (Wildman–Crippen MR) is 119 cm³/mol. The van der Waals surface area contributed by atoms with Crippen LogP contribution in [-0.4, -0.2) is 22.8 Å². The van der Waals surface area contributed by atoms with Crippen LogP contribution < -0.4 is 0 Å². The van der Waals surface area contributed by atoms with Crippen LogP contribution in [0.4, 0.5) is 4.79 Å². The third-order valence-electron chi connectivity index (χ3n) is 6.75. The molecular formula is C21H46O3Si2. The quantitative estimate of drug-likeness (QED) is 0.243. The van der Waals surface area contributed by atoms with Gasteiger partial charge >= 0.3 is 6.16 Å². The molecule has 0 atom stereocenters. The van der Waals surface area contributed by atoms with Crippen molar-refractivity contribution in [2.45, 2.75) is 129 Å². The summed E-state index contributed by atoms with van der Waals surface area (Å²) in [5.74, 6) is 0. The maximum Gasteiger partial charge on any atom is 0.480 e. The van der Waals surface area contributed by atoms with Gasteiger partial charge in [-0.2, -0.15) is 0 Å². The van der Waals surface area contributed by atoms with Crippen molar-refractivity contribution in [2.24, 2.45) is 0 Å². The van der Waals surface area contributed by atoms with Crippen LogP contribution in [0.2, 0.25) is 36.3 Å². The zero-order valence-corrected chi connectivity index (χ0v) is 21.4. The van der Waals surface area contributed by atoms with Crippen LogP contribution >= 0.6 is 0 Å². The molecule has 0 spiro atoms. The van der Waals surface area contributed by atoms with Crippen molar-refractivity contribution in [1.82, 2.24) is 0 Å². The van der Waals surface area contributed by atoms with E-state index in [4.69, 9.17) is 8.85 Å². The molecule has 0 saturated carbocycles. The number of carbonyl (C=O) groups is 1. The molecule has 156 valence electrons. The van der Waals surface area contributed by atoms with Crippen molar-refractivity contribution in [1.29, 1.82) is 0 Å². The summed E-state index contributed by atoms with van der Waals surface area (Å²) >= 11 is 0. The van der Waals surface area contributed by atoms with Gasteiger partial charge in [0.05, 0.1) is 0 Å². The van der Waals surface area contributed by atoms with Gasteiger partial charge in [-0.15, -0.1) is 0 Å². The van der Waals surface area contributed by atoms with E-state index in [2.05, 4.69) is 67.7 Å². The third-order valence-corrected chi connectivity index (χ3v) is 15.1. The summed E-state index contributed by atoms with van der Waals surface area (Å²) in [5.41, 5.74) is 0. The first-order valence-corrected chi connectivity index (χ1v) is 16.5. The average molecular weight is 403 g/mol. The molecular weight excluding hydrogens is 356 g/mol. The fraction of sp³-hybridized carbons (Fsp3) is 0.952. The first-order chi connectivity index (χ1) is 11.7. The summed E-state index contributed by atoms with van der Waals surface area (Å²) < 4.78 is 12.0. The molecule has 5 heteroatoms. The van der Waals surface area contributed by atoms with Crippen molar-refractivity contribution in [3.8, 4) is 0 Å². The maximum absolute atomic E-state index is 12.7. The Bertz CT molecular complexity index is 391. The molecule has 26 heavy (non-hydrogen) atoms. The number of hydrogen-bond acceptors (Lipinski definition) is 3. The van der Waals surface area contributed by atoms with E-state index in [0.717, 1.165) is 12.8 Å². The summed E-state index contributed by atoms with van der Waals surface area (Å²) in [4.78, 5) is 12.7. The van der Waals surface area contributed by atoms with Gasteiger partial charge in [0.1, 0.15) is 0 Å². The van der Waals surface area contributed by atoms with E-state index >= 15 is 0 Å². The van der Waals surface area contributed by atoms with Crippen LogP contribution in [0.3, 0.4) is 0 Å². The van der Waals surface area contributed by atoms with Crippen molar-refractivity contribution < 1.29 is 13.6 Å². The molecule has 0 rings (SSSR count). The molecule has 0 aliphatic carbocycles. The van der Waals surface area contributed by atoms with Crippen molar-refractivity contribution in [3.05, 3.63) is 0 Å². The highest BCUT2D eigenvalue weighted by molar-refractivity contribution is 6.77. The standard InChI is InChI=1S/C21H46O3Si2/c1-11-13-15-17-20(3,4)25(7,8)23-19(22)24-26(9,10)21(5,6)18-16-14-12-2/h11-18H2,1-10H3. The molecule has 0 bridgehead atoms. The molecule has 0 aromatic heterocycles. The van der Waals surface area contributed by atoms with Gasteiger partial charge in [-0.05, 0) is 49.1 Å². The predicted octanol–water partition coefficient (Wildman–Crippen LogP) is 8.27. The lowest BCUT2D eigenvalue weighted by atomic mass is 10.0. The van der Waals surface area contributed by atoms with E-state index in [-0.39, 0.29) is 10.1 Å². The molecule has 0 aliphatic heterocycles. The van der Waals surface area contributed by atoms with Crippen LogP contribution in [0, 0.1) is 0 Å². The monoisotopic (exact) mass is 402 g/mol. The van der Waals surface area contributed by atoms with Crippen LogP contribution in [0.5, 0.6) is 0 Å². The Kier molecular flexibility index (Phi) is 10.2. The highest BCUT2D eigenvalue weighted by Crippen LogP contribution is 2.45. The minimum atomic E-state index is -2.19. The second-order valence-electron chi connectivity index (χ2n) is 10.2. The lowest BCUT2D eigenvalue weighted by Crippen LogP contribution is -2.49. The second-order valence-corrected chi connectivity index (χ2v) is 19.3. The van der Waals surface area contributed by atoms with E-state index in [1.54, 1.807) is 0 Å². The molecule has 0 fully saturated rings. The number of carbonyl (C=O) groups excluding carboxylic acids is 1. The molecule has 0 amide bonds. The topological polar surface area (TPSA) is 35.5 Å². The molecule has 0 aromatic carbocycles. The Labute approximate surface area is 165 Å². The van der Waals surface area contributed by atoms with Gasteiger partial charge in [0.15, 0.2) is 0 Å². The normalized spacial score (nSPS) is 13.6. The smallest absolute Gasteiger partial charge is 0.480 e. The van der Waals surface area contributed by atoms with Gasteiger partial charge < -0.3 is 8.85 Å². The first-order valence-electron chi connectivity index (χ1n) is 10.6. The summed E-state index contributed by atoms with van der Waals surface area (Å²) in [6.07, 6.45) is 9.10. The third kappa shape index (κ3) is 7.75. The van der Waals surface area contributed by atoms with E-state index in [9.17, 15) is 4.79 Å². The SMILES string of the molecule is CCCCCC(C)(C)[Si](C)(C)OC(=O)O[Si](C)(C)C(C)(C)CCCCC. The van der Waals surface area contributed by atoms with Crippen molar-refractivity contribution in [3.63, 3.8) is 0 Å². The van der Waals surface area contributed by atoms with Gasteiger partial charge in [0.25, 0.3) is 16.6 Å². The molecule has 0 N–H and O–H groups in total. The molecule has 3 nitrogen and oxygen atoms in total. The van der Waals surface area contributed by atoms with Crippen molar-refractivity contribution in [2.75, 3.05) is 0 Å². The molecule has 0 saturated heterocycles. The van der Waals surface area contributed by atoms with Crippen LogP contribution in [0.1, 0.15) is 92.9 Å². The lowest BCUT2D eigenvalue weighted by Gasteiger charge is -2.42. The summed E-state index contributed by atoms with van der Waals surface area (Å²) in [6.45, 7) is 22.1. The van der Waals surface area contributed by atoms with Crippen LogP contribution in [0.15, 0.2) is 0 Å². The summed E-state index contributed by atoms with van der Waals surface area (Å²) in [7, 11) is -4.37. The van der Waals surface area contributed by atoms with Crippen LogP contribution in [-0.2, 0) is 8.85 Å². The summed E-state index contributed by atoms with van der Waals surface area (Å²) in [6, 6.07) is 0. The fourth-order valence-corrected chi connectivity index (χ4v) is 6.06. The average Bonchev–Trinajstić information content (AvgIpc) is 2.45. The lowest BCUT2D eigenvalue weighted by molar-refractivity contribution is 0.139. The Balaban J connectivity index is 4.87. The Morgan fingerprint density at radius 1 is 0.692 bits per heavy atom. The Morgan fingerprint density at radius 3 is 1.27 bits per heavy atom. The van der Waals surface area contributed by atoms with E-state index < -0.39 is 22.8 Å². The van der Waals surface area contributed by atoms with Gasteiger partial charge in [-0.3, -0.25) is 0 Å². The van der Waals surface area contributed by atoms with Gasteiger partial charge in [-0.1, -0.05) is 80.1 Å².